The Labute approximate surface area is 145 Å². The Bertz CT molecular complexity index is 871. The molecule has 0 radical (unpaired) electrons. The largest absolute Gasteiger partial charge is 0.497 e. The quantitative estimate of drug-likeness (QED) is 0.925. The summed E-state index contributed by atoms with van der Waals surface area (Å²) in [4.78, 5) is 17.2. The zero-order valence-electron chi connectivity index (χ0n) is 14.4. The lowest BCUT2D eigenvalue weighted by Gasteiger charge is -2.34. The van der Waals surface area contributed by atoms with Crippen molar-refractivity contribution in [2.75, 3.05) is 19.5 Å². The highest BCUT2D eigenvalue weighted by molar-refractivity contribution is 5.99. The molecule has 130 valence electrons. The maximum Gasteiger partial charge on any atom is 0.226 e. The lowest BCUT2D eigenvalue weighted by molar-refractivity contribution is -0.117. The number of carbonyl (C=O) groups excluding carboxylic acids is 1. The smallest absolute Gasteiger partial charge is 0.226 e. The van der Waals surface area contributed by atoms with Crippen molar-refractivity contribution in [2.45, 2.75) is 25.8 Å². The highest BCUT2D eigenvalue weighted by Gasteiger charge is 2.39. The van der Waals surface area contributed by atoms with Gasteiger partial charge in [0.1, 0.15) is 23.9 Å². The summed E-state index contributed by atoms with van der Waals surface area (Å²) < 4.78 is 12.7. The van der Waals surface area contributed by atoms with Crippen LogP contribution in [0.2, 0.25) is 0 Å². The summed E-state index contributed by atoms with van der Waals surface area (Å²) in [5.41, 5.74) is 2.51. The molecule has 4 rings (SSSR count). The Balaban J connectivity index is 1.94. The lowest BCUT2D eigenvalue weighted by atomic mass is 9.81. The van der Waals surface area contributed by atoms with Crippen molar-refractivity contribution in [2.24, 2.45) is 5.92 Å². The number of Topliss-reactive ketones (excluding diaryl/α,β-unsaturated/α-hetero) is 1. The Morgan fingerprint density at radius 1 is 1.24 bits per heavy atom. The summed E-state index contributed by atoms with van der Waals surface area (Å²) in [6.07, 6.45) is 2.85. The molecular formula is C18H20N4O3. The number of anilines is 1. The number of nitrogens with one attached hydrogen (secondary N) is 1. The molecule has 7 nitrogen and oxygen atoms in total. The van der Waals surface area contributed by atoms with Gasteiger partial charge in [0, 0.05) is 23.3 Å². The van der Waals surface area contributed by atoms with Crippen LogP contribution in [-0.4, -0.2) is 34.8 Å². The normalized spacial score (nSPS) is 22.1. The predicted molar refractivity (Wildman–Crippen MR) is 91.8 cm³/mol. The molecule has 0 saturated heterocycles. The Hall–Kier alpha value is -2.83. The molecule has 1 aromatic carbocycles. The number of carbonyl (C=O) groups is 1. The van der Waals surface area contributed by atoms with E-state index in [1.54, 1.807) is 18.9 Å². The molecular weight excluding hydrogens is 320 g/mol. The first kappa shape index (κ1) is 15.7. The van der Waals surface area contributed by atoms with E-state index >= 15 is 0 Å². The van der Waals surface area contributed by atoms with Crippen LogP contribution < -0.4 is 14.8 Å². The van der Waals surface area contributed by atoms with Gasteiger partial charge in [-0.3, -0.25) is 4.79 Å². The molecule has 2 aromatic rings. The second-order valence-corrected chi connectivity index (χ2v) is 6.49. The van der Waals surface area contributed by atoms with Crippen molar-refractivity contribution in [1.29, 1.82) is 0 Å². The summed E-state index contributed by atoms with van der Waals surface area (Å²) >= 11 is 0. The van der Waals surface area contributed by atoms with Gasteiger partial charge in [0.25, 0.3) is 0 Å². The van der Waals surface area contributed by atoms with E-state index in [0.717, 1.165) is 23.3 Å². The Morgan fingerprint density at radius 2 is 2.08 bits per heavy atom. The molecule has 1 aromatic heterocycles. The van der Waals surface area contributed by atoms with Crippen LogP contribution in [0.25, 0.3) is 0 Å². The SMILES string of the molecule is COc1ccc(OC)c([C@H]2C3=C(C[C@H](C)CC3=O)Nc3ncnn32)c1. The average Bonchev–Trinajstić information content (AvgIpc) is 3.07. The number of benzene rings is 1. The number of nitrogens with zero attached hydrogens (tertiary/aromatic N) is 3. The van der Waals surface area contributed by atoms with E-state index in [9.17, 15) is 4.79 Å². The first-order chi connectivity index (χ1) is 12.1. The lowest BCUT2D eigenvalue weighted by Crippen LogP contribution is -2.33. The van der Waals surface area contributed by atoms with Crippen LogP contribution in [0.3, 0.4) is 0 Å². The summed E-state index contributed by atoms with van der Waals surface area (Å²) in [7, 11) is 3.24. The van der Waals surface area contributed by atoms with Gasteiger partial charge in [0.05, 0.1) is 14.2 Å². The van der Waals surface area contributed by atoms with Gasteiger partial charge in [0.2, 0.25) is 5.95 Å². The topological polar surface area (TPSA) is 78.3 Å². The average molecular weight is 340 g/mol. The van der Waals surface area contributed by atoms with Gasteiger partial charge in [-0.25, -0.2) is 4.68 Å². The summed E-state index contributed by atoms with van der Waals surface area (Å²) in [6, 6.07) is 5.21. The minimum Gasteiger partial charge on any atom is -0.497 e. The van der Waals surface area contributed by atoms with E-state index in [1.807, 2.05) is 18.2 Å². The first-order valence-electron chi connectivity index (χ1n) is 8.27. The number of ketones is 1. The van der Waals surface area contributed by atoms with E-state index in [0.29, 0.717) is 29.8 Å². The zero-order chi connectivity index (χ0) is 17.6. The van der Waals surface area contributed by atoms with Crippen LogP contribution >= 0.6 is 0 Å². The van der Waals surface area contributed by atoms with Crippen molar-refractivity contribution in [3.63, 3.8) is 0 Å². The molecule has 7 heteroatoms. The standard InChI is InChI=1S/C18H20N4O3/c1-10-6-13-16(14(23)7-10)17(22-18(21-13)19-9-20-22)12-8-11(24-2)4-5-15(12)25-3/h4-5,8-10,17H,6-7H2,1-3H3,(H,19,20,21)/t10-,17-/m0/s1. The molecule has 2 atom stereocenters. The second-order valence-electron chi connectivity index (χ2n) is 6.49. The van der Waals surface area contributed by atoms with Crippen LogP contribution in [0.1, 0.15) is 31.4 Å². The summed E-state index contributed by atoms with van der Waals surface area (Å²) in [5.74, 6) is 2.47. The molecule has 0 fully saturated rings. The van der Waals surface area contributed by atoms with E-state index in [4.69, 9.17) is 9.47 Å². The van der Waals surface area contributed by atoms with Gasteiger partial charge in [-0.05, 0) is 30.5 Å². The minimum absolute atomic E-state index is 0.136. The molecule has 2 heterocycles. The predicted octanol–water partition coefficient (Wildman–Crippen LogP) is 2.56. The monoisotopic (exact) mass is 340 g/mol. The van der Waals surface area contributed by atoms with E-state index in [1.165, 1.54) is 6.33 Å². The Kier molecular flexibility index (Phi) is 3.71. The molecule has 1 aliphatic carbocycles. The van der Waals surface area contributed by atoms with Gasteiger partial charge in [-0.2, -0.15) is 10.1 Å². The number of methoxy groups -OCH3 is 2. The maximum atomic E-state index is 12.9. The molecule has 0 unspecified atom stereocenters. The van der Waals surface area contributed by atoms with Crippen molar-refractivity contribution in [3.8, 4) is 11.5 Å². The third-order valence-corrected chi connectivity index (χ3v) is 4.80. The third-order valence-electron chi connectivity index (χ3n) is 4.80. The fourth-order valence-corrected chi connectivity index (χ4v) is 3.69. The van der Waals surface area contributed by atoms with Gasteiger partial charge in [0.15, 0.2) is 5.78 Å². The fraction of sp³-hybridized carbons (Fsp3) is 0.389. The minimum atomic E-state index is -0.376. The highest BCUT2D eigenvalue weighted by atomic mass is 16.5. The number of ether oxygens (including phenoxy) is 2. The summed E-state index contributed by atoms with van der Waals surface area (Å²) in [5, 5.41) is 7.63. The zero-order valence-corrected chi connectivity index (χ0v) is 14.4. The molecule has 0 saturated carbocycles. The van der Waals surface area contributed by atoms with Crippen LogP contribution in [-0.2, 0) is 4.79 Å². The van der Waals surface area contributed by atoms with Crippen molar-refractivity contribution >= 4 is 11.7 Å². The van der Waals surface area contributed by atoms with Crippen LogP contribution in [0.5, 0.6) is 11.5 Å². The van der Waals surface area contributed by atoms with E-state index < -0.39 is 0 Å². The van der Waals surface area contributed by atoms with Crippen LogP contribution in [0, 0.1) is 5.92 Å². The van der Waals surface area contributed by atoms with E-state index in [-0.39, 0.29) is 11.8 Å². The number of hydrogen-bond acceptors (Lipinski definition) is 6. The number of allylic oxidation sites excluding steroid dienone is 2. The van der Waals surface area contributed by atoms with Gasteiger partial charge < -0.3 is 14.8 Å². The van der Waals surface area contributed by atoms with Crippen molar-refractivity contribution in [1.82, 2.24) is 14.8 Å². The first-order valence-corrected chi connectivity index (χ1v) is 8.27. The number of hydrogen-bond donors (Lipinski definition) is 1. The number of rotatable bonds is 3. The van der Waals surface area contributed by atoms with Crippen molar-refractivity contribution < 1.29 is 14.3 Å². The van der Waals surface area contributed by atoms with Gasteiger partial charge in [-0.1, -0.05) is 6.92 Å². The number of fused-ring (bicyclic) bond motifs is 1. The fourth-order valence-electron chi connectivity index (χ4n) is 3.69. The molecule has 1 N–H and O–H groups in total. The van der Waals surface area contributed by atoms with Crippen molar-refractivity contribution in [3.05, 3.63) is 41.4 Å². The number of aromatic nitrogens is 3. The second kappa shape index (κ2) is 5.91. The van der Waals surface area contributed by atoms with Crippen LogP contribution in [0.4, 0.5) is 5.95 Å². The molecule has 2 aliphatic rings. The molecule has 0 bridgehead atoms. The maximum absolute atomic E-state index is 12.9. The molecule has 0 spiro atoms. The third kappa shape index (κ3) is 2.47. The highest BCUT2D eigenvalue weighted by Crippen LogP contribution is 2.44. The summed E-state index contributed by atoms with van der Waals surface area (Å²) in [6.45, 7) is 2.09. The van der Waals surface area contributed by atoms with Gasteiger partial charge >= 0.3 is 0 Å². The molecule has 1 aliphatic heterocycles. The van der Waals surface area contributed by atoms with Gasteiger partial charge in [-0.15, -0.1) is 0 Å². The van der Waals surface area contributed by atoms with E-state index in [2.05, 4.69) is 22.3 Å². The van der Waals surface area contributed by atoms with Crippen LogP contribution in [0.15, 0.2) is 35.8 Å². The molecule has 25 heavy (non-hydrogen) atoms. The Morgan fingerprint density at radius 3 is 2.84 bits per heavy atom. The molecule has 0 amide bonds.